The first-order chi connectivity index (χ1) is 13.8. The first-order valence-corrected chi connectivity index (χ1v) is 8.54. The fourth-order valence-corrected chi connectivity index (χ4v) is 3.22. The Kier molecular flexibility index (Phi) is 5.35. The van der Waals surface area contributed by atoms with Gasteiger partial charge in [0.1, 0.15) is 6.04 Å². The number of likely N-dealkylation sites (tertiary alicyclic amines) is 1. The predicted octanol–water partition coefficient (Wildman–Crippen LogP) is 2.37. The van der Waals surface area contributed by atoms with Crippen molar-refractivity contribution in [3.8, 4) is 0 Å². The summed E-state index contributed by atoms with van der Waals surface area (Å²) in [4.78, 5) is 47.1. The number of nitrogens with zero attached hydrogens (tertiary/aromatic N) is 3. The van der Waals surface area contributed by atoms with E-state index in [9.17, 15) is 29.8 Å². The van der Waals surface area contributed by atoms with Gasteiger partial charge in [0.25, 0.3) is 17.3 Å². The van der Waals surface area contributed by atoms with Crippen molar-refractivity contribution in [1.82, 2.24) is 10.2 Å². The van der Waals surface area contributed by atoms with Crippen LogP contribution in [0.5, 0.6) is 0 Å². The summed E-state index contributed by atoms with van der Waals surface area (Å²) in [7, 11) is 0. The average molecular weight is 396 g/mol. The lowest BCUT2D eigenvalue weighted by Gasteiger charge is -2.47. The zero-order valence-corrected chi connectivity index (χ0v) is 15.1. The van der Waals surface area contributed by atoms with Gasteiger partial charge >= 0.3 is 0 Å². The van der Waals surface area contributed by atoms with Crippen LogP contribution in [0.15, 0.2) is 61.2 Å². The molecule has 1 N–H and O–H groups in total. The van der Waals surface area contributed by atoms with Crippen molar-refractivity contribution >= 4 is 23.2 Å². The summed E-state index contributed by atoms with van der Waals surface area (Å²) in [5.74, 6) is -1.15. The zero-order valence-electron chi connectivity index (χ0n) is 15.1. The van der Waals surface area contributed by atoms with E-state index in [1.54, 1.807) is 18.2 Å². The minimum absolute atomic E-state index is 0.271. The summed E-state index contributed by atoms with van der Waals surface area (Å²) in [6, 6.07) is 10.3. The van der Waals surface area contributed by atoms with Gasteiger partial charge in [-0.1, -0.05) is 36.4 Å². The summed E-state index contributed by atoms with van der Waals surface area (Å²) in [6.45, 7) is 3.91. The second kappa shape index (κ2) is 7.89. The van der Waals surface area contributed by atoms with E-state index in [-0.39, 0.29) is 18.0 Å². The number of hydrogen-bond acceptors (Lipinski definition) is 6. The van der Waals surface area contributed by atoms with Crippen molar-refractivity contribution in [2.75, 3.05) is 6.54 Å². The van der Waals surface area contributed by atoms with E-state index >= 15 is 0 Å². The van der Waals surface area contributed by atoms with Crippen molar-refractivity contribution in [1.29, 1.82) is 0 Å². The molecule has 2 aromatic carbocycles. The molecule has 0 radical (unpaired) electrons. The molecule has 3 rings (SSSR count). The molecule has 148 valence electrons. The van der Waals surface area contributed by atoms with E-state index in [1.807, 2.05) is 18.2 Å². The number of β-lactam (4-membered cyclic amide) rings is 1. The summed E-state index contributed by atoms with van der Waals surface area (Å²) >= 11 is 0. The van der Waals surface area contributed by atoms with Gasteiger partial charge in [-0.3, -0.25) is 29.8 Å². The highest BCUT2D eigenvalue weighted by Crippen LogP contribution is 2.35. The fourth-order valence-electron chi connectivity index (χ4n) is 3.22. The Labute approximate surface area is 164 Å². The Balaban J connectivity index is 1.89. The molecule has 10 heteroatoms. The zero-order chi connectivity index (χ0) is 21.1. The number of rotatable bonds is 7. The third-order valence-electron chi connectivity index (χ3n) is 4.54. The number of nitrogens with one attached hydrogen (secondary N) is 1. The van der Waals surface area contributed by atoms with Crippen LogP contribution in [0.3, 0.4) is 0 Å². The van der Waals surface area contributed by atoms with Crippen molar-refractivity contribution in [2.45, 2.75) is 12.1 Å². The largest absolute Gasteiger partial charge is 0.338 e. The topological polar surface area (TPSA) is 136 Å². The fraction of sp³-hybridized carbons (Fsp3) is 0.158. The summed E-state index contributed by atoms with van der Waals surface area (Å²) < 4.78 is 0. The average Bonchev–Trinajstić information content (AvgIpc) is 2.72. The Morgan fingerprint density at radius 2 is 1.69 bits per heavy atom. The first kappa shape index (κ1) is 19.7. The maximum Gasteiger partial charge on any atom is 0.277 e. The van der Waals surface area contributed by atoms with Crippen LogP contribution in [0.2, 0.25) is 0 Å². The van der Waals surface area contributed by atoms with Gasteiger partial charge in [-0.15, -0.1) is 6.58 Å². The van der Waals surface area contributed by atoms with E-state index in [0.717, 1.165) is 23.8 Å². The Hall–Kier alpha value is -4.08. The highest BCUT2D eigenvalue weighted by atomic mass is 16.6. The van der Waals surface area contributed by atoms with Crippen molar-refractivity contribution in [3.05, 3.63) is 92.5 Å². The Morgan fingerprint density at radius 3 is 2.21 bits per heavy atom. The molecule has 10 nitrogen and oxygen atoms in total. The van der Waals surface area contributed by atoms with Gasteiger partial charge in [-0.25, -0.2) is 0 Å². The molecule has 0 aliphatic carbocycles. The van der Waals surface area contributed by atoms with Crippen LogP contribution in [0.25, 0.3) is 0 Å². The second-order valence-electron chi connectivity index (χ2n) is 6.34. The Morgan fingerprint density at radius 1 is 1.10 bits per heavy atom. The molecular formula is C19H16N4O6. The minimum Gasteiger partial charge on any atom is -0.338 e. The van der Waals surface area contributed by atoms with E-state index in [4.69, 9.17) is 0 Å². The van der Waals surface area contributed by atoms with E-state index in [0.29, 0.717) is 0 Å². The molecule has 1 aliphatic heterocycles. The third-order valence-corrected chi connectivity index (χ3v) is 4.54. The monoisotopic (exact) mass is 396 g/mol. The van der Waals surface area contributed by atoms with Gasteiger partial charge in [0.2, 0.25) is 5.91 Å². The number of nitro groups is 2. The van der Waals surface area contributed by atoms with Gasteiger partial charge in [-0.05, 0) is 5.56 Å². The van der Waals surface area contributed by atoms with Crippen molar-refractivity contribution < 1.29 is 19.4 Å². The molecule has 0 aromatic heterocycles. The standard InChI is InChI=1S/C19H16N4O6/c1-2-8-21-17(12-6-4-3-5-7-12)16(19(21)25)20-18(24)13-9-14(22(26)27)11-15(10-13)23(28)29/h2-7,9-11,16-17H,1,8H2,(H,20,24)/t16-,17?/m1/s1. The van der Waals surface area contributed by atoms with Gasteiger partial charge in [0.05, 0.1) is 27.5 Å². The molecule has 1 saturated heterocycles. The van der Waals surface area contributed by atoms with E-state index < -0.39 is 39.2 Å². The lowest BCUT2D eigenvalue weighted by Crippen LogP contribution is -2.65. The number of amides is 2. The van der Waals surface area contributed by atoms with Crippen LogP contribution in [-0.4, -0.2) is 39.1 Å². The van der Waals surface area contributed by atoms with Gasteiger partial charge in [0.15, 0.2) is 0 Å². The molecule has 1 unspecified atom stereocenters. The first-order valence-electron chi connectivity index (χ1n) is 8.54. The number of nitro benzene ring substituents is 2. The molecule has 0 bridgehead atoms. The van der Waals surface area contributed by atoms with Crippen LogP contribution < -0.4 is 5.32 Å². The number of non-ortho nitro benzene ring substituents is 2. The smallest absolute Gasteiger partial charge is 0.277 e. The number of benzene rings is 2. The van der Waals surface area contributed by atoms with Crippen LogP contribution in [0.1, 0.15) is 22.0 Å². The van der Waals surface area contributed by atoms with E-state index in [1.165, 1.54) is 4.90 Å². The second-order valence-corrected chi connectivity index (χ2v) is 6.34. The van der Waals surface area contributed by atoms with Gasteiger partial charge in [0, 0.05) is 18.7 Å². The molecule has 0 spiro atoms. The SMILES string of the molecule is C=CCN1C(=O)[C@H](NC(=O)c2cc([N+](=O)[O-])cc([N+](=O)[O-])c2)C1c1ccccc1. The predicted molar refractivity (Wildman–Crippen MR) is 102 cm³/mol. The molecule has 2 amide bonds. The number of carbonyl (C=O) groups excluding carboxylic acids is 2. The van der Waals surface area contributed by atoms with Crippen LogP contribution >= 0.6 is 0 Å². The maximum absolute atomic E-state index is 12.6. The van der Waals surface area contributed by atoms with Gasteiger partial charge in [-0.2, -0.15) is 0 Å². The summed E-state index contributed by atoms with van der Waals surface area (Å²) in [5, 5.41) is 24.6. The van der Waals surface area contributed by atoms with Crippen molar-refractivity contribution in [2.24, 2.45) is 0 Å². The lowest BCUT2D eigenvalue weighted by atomic mass is 9.88. The molecule has 2 aromatic rings. The third kappa shape index (κ3) is 3.81. The lowest BCUT2D eigenvalue weighted by molar-refractivity contribution is -0.394. The summed E-state index contributed by atoms with van der Waals surface area (Å²) in [6.07, 6.45) is 1.57. The molecule has 29 heavy (non-hydrogen) atoms. The maximum atomic E-state index is 12.6. The van der Waals surface area contributed by atoms with Crippen LogP contribution in [-0.2, 0) is 4.79 Å². The molecule has 1 fully saturated rings. The molecular weight excluding hydrogens is 380 g/mol. The summed E-state index contributed by atoms with van der Waals surface area (Å²) in [5.41, 5.74) is -0.647. The van der Waals surface area contributed by atoms with E-state index in [2.05, 4.69) is 11.9 Å². The quantitative estimate of drug-likeness (QED) is 0.330. The minimum atomic E-state index is -0.900. The molecule has 0 saturated carbocycles. The normalized spacial score (nSPS) is 17.9. The highest BCUT2D eigenvalue weighted by molar-refractivity contribution is 6.00. The molecule has 1 aliphatic rings. The Bertz CT molecular complexity index is 975. The molecule has 1 heterocycles. The van der Waals surface area contributed by atoms with Crippen LogP contribution in [0, 0.1) is 20.2 Å². The molecule has 2 atom stereocenters. The highest BCUT2D eigenvalue weighted by Gasteiger charge is 2.48. The van der Waals surface area contributed by atoms with Crippen molar-refractivity contribution in [3.63, 3.8) is 0 Å². The van der Waals surface area contributed by atoms with Crippen LogP contribution in [0.4, 0.5) is 11.4 Å². The number of carbonyl (C=O) groups is 2. The van der Waals surface area contributed by atoms with Gasteiger partial charge < -0.3 is 10.2 Å². The number of hydrogen-bond donors (Lipinski definition) is 1.